The van der Waals surface area contributed by atoms with E-state index in [1.165, 1.54) is 77.2 Å². The van der Waals surface area contributed by atoms with Gasteiger partial charge in [0.05, 0.1) is 0 Å². The van der Waals surface area contributed by atoms with Crippen LogP contribution in [0.2, 0.25) is 0 Å². The highest BCUT2D eigenvalue weighted by Gasteiger charge is 2.27. The Labute approximate surface area is 237 Å². The van der Waals surface area contributed by atoms with E-state index in [-0.39, 0.29) is 5.92 Å². The molecule has 0 fully saturated rings. The number of aryl methyl sites for hydroxylation is 2. The fourth-order valence-corrected chi connectivity index (χ4v) is 6.82. The molecule has 1 unspecified atom stereocenters. The van der Waals surface area contributed by atoms with Gasteiger partial charge in [0, 0.05) is 5.92 Å². The Morgan fingerprint density at radius 3 is 2.08 bits per heavy atom. The second-order valence-corrected chi connectivity index (χ2v) is 11.1. The summed E-state index contributed by atoms with van der Waals surface area (Å²) in [4.78, 5) is 0. The maximum atomic E-state index is 2.50. The van der Waals surface area contributed by atoms with Gasteiger partial charge >= 0.3 is 0 Å². The molecule has 0 aliphatic heterocycles. The highest BCUT2D eigenvalue weighted by Crippen LogP contribution is 2.38. The minimum absolute atomic E-state index is 0.239. The third kappa shape index (κ3) is 3.98. The van der Waals surface area contributed by atoms with E-state index in [9.17, 15) is 0 Å². The summed E-state index contributed by atoms with van der Waals surface area (Å²) >= 11 is 0. The van der Waals surface area contributed by atoms with Gasteiger partial charge in [0.15, 0.2) is 0 Å². The van der Waals surface area contributed by atoms with Crippen LogP contribution in [0.1, 0.15) is 69.8 Å². The lowest BCUT2D eigenvalue weighted by Gasteiger charge is -2.21. The fourth-order valence-electron chi connectivity index (χ4n) is 6.82. The summed E-state index contributed by atoms with van der Waals surface area (Å²) in [7, 11) is 0. The van der Waals surface area contributed by atoms with E-state index in [4.69, 9.17) is 0 Å². The standard InChI is InChI=1S/C40H34/c1-4-27-17-20-34-31(23-27)24-37-36(34)25-38(39(28-12-8-6-9-13-28)29-14-10-7-11-15-29)32(5-2)40(37)35-21-18-30-22-26(3)16-19-33(30)35/h6-25,35H,4-5H2,1-3H3. The lowest BCUT2D eigenvalue weighted by atomic mass is 9.82. The first kappa shape index (κ1) is 24.6. The largest absolute Gasteiger partial charge is 0.0720 e. The van der Waals surface area contributed by atoms with E-state index in [1.54, 1.807) is 0 Å². The Morgan fingerprint density at radius 1 is 0.675 bits per heavy atom. The summed E-state index contributed by atoms with van der Waals surface area (Å²) < 4.78 is 0. The second kappa shape index (κ2) is 9.96. The summed E-state index contributed by atoms with van der Waals surface area (Å²) in [6.07, 6.45) is 9.25. The van der Waals surface area contributed by atoms with Gasteiger partial charge in [-0.1, -0.05) is 129 Å². The molecule has 5 aromatic carbocycles. The molecule has 0 heterocycles. The highest BCUT2D eigenvalue weighted by atomic mass is 14.3. The molecule has 2 aliphatic rings. The van der Waals surface area contributed by atoms with Gasteiger partial charge in [0.2, 0.25) is 0 Å². The second-order valence-electron chi connectivity index (χ2n) is 11.1. The normalized spacial score (nSPS) is 14.4. The van der Waals surface area contributed by atoms with Crippen molar-refractivity contribution in [1.82, 2.24) is 0 Å². The summed E-state index contributed by atoms with van der Waals surface area (Å²) in [5.74, 6) is 0.239. The van der Waals surface area contributed by atoms with Crippen LogP contribution < -0.4 is 10.4 Å². The van der Waals surface area contributed by atoms with Gasteiger partial charge < -0.3 is 0 Å². The molecule has 0 N–H and O–H groups in total. The molecule has 7 rings (SSSR count). The molecule has 0 aromatic heterocycles. The summed E-state index contributed by atoms with van der Waals surface area (Å²) in [5.41, 5.74) is 16.3. The quantitative estimate of drug-likeness (QED) is 0.217. The predicted octanol–water partition coefficient (Wildman–Crippen LogP) is 8.34. The van der Waals surface area contributed by atoms with Crippen LogP contribution in [0.3, 0.4) is 0 Å². The number of hydrogen-bond acceptors (Lipinski definition) is 0. The first-order chi connectivity index (χ1) is 19.7. The number of hydrogen-bond donors (Lipinski definition) is 0. The van der Waals surface area contributed by atoms with Crippen molar-refractivity contribution in [1.29, 1.82) is 0 Å². The van der Waals surface area contributed by atoms with Crippen molar-refractivity contribution in [3.8, 4) is 11.1 Å². The van der Waals surface area contributed by atoms with E-state index >= 15 is 0 Å². The summed E-state index contributed by atoms with van der Waals surface area (Å²) in [5, 5.41) is 2.75. The molecule has 0 amide bonds. The van der Waals surface area contributed by atoms with E-state index in [2.05, 4.69) is 142 Å². The van der Waals surface area contributed by atoms with Gasteiger partial charge in [-0.05, 0) is 104 Å². The lowest BCUT2D eigenvalue weighted by Crippen LogP contribution is -2.27. The Balaban J connectivity index is 1.64. The lowest BCUT2D eigenvalue weighted by molar-refractivity contribution is 0.967. The number of rotatable bonds is 5. The first-order valence-electron chi connectivity index (χ1n) is 14.6. The van der Waals surface area contributed by atoms with Gasteiger partial charge in [-0.3, -0.25) is 0 Å². The Bertz CT molecular complexity index is 1860. The number of allylic oxidation sites excluding steroid dienone is 1. The van der Waals surface area contributed by atoms with Gasteiger partial charge in [0.1, 0.15) is 0 Å². The van der Waals surface area contributed by atoms with E-state index < -0.39 is 0 Å². The SMILES string of the molecule is CCc1ccc2c(c1)C=c1c-2cc(=C(c2ccccc2)c2ccccc2)c(CC)c1C1C=Cc2cc(C)ccc21. The van der Waals surface area contributed by atoms with Gasteiger partial charge in [0.25, 0.3) is 0 Å². The van der Waals surface area contributed by atoms with Crippen molar-refractivity contribution in [3.63, 3.8) is 0 Å². The van der Waals surface area contributed by atoms with Crippen molar-refractivity contribution < 1.29 is 0 Å². The predicted molar refractivity (Wildman–Crippen MR) is 170 cm³/mol. The Morgan fingerprint density at radius 2 is 1.40 bits per heavy atom. The molecular weight excluding hydrogens is 480 g/mol. The average Bonchev–Trinajstić information content (AvgIpc) is 3.58. The molecule has 194 valence electrons. The maximum Gasteiger partial charge on any atom is 0.0287 e. The van der Waals surface area contributed by atoms with Crippen molar-refractivity contribution in [2.75, 3.05) is 0 Å². The van der Waals surface area contributed by atoms with E-state index in [1.807, 2.05) is 0 Å². The van der Waals surface area contributed by atoms with Crippen LogP contribution in [-0.2, 0) is 12.8 Å². The van der Waals surface area contributed by atoms with Crippen LogP contribution in [0.5, 0.6) is 0 Å². The minimum Gasteiger partial charge on any atom is -0.0720 e. The Hall–Kier alpha value is -4.42. The first-order valence-corrected chi connectivity index (χ1v) is 14.6. The van der Waals surface area contributed by atoms with Gasteiger partial charge in [-0.25, -0.2) is 0 Å². The third-order valence-electron chi connectivity index (χ3n) is 8.74. The molecule has 0 radical (unpaired) electrons. The van der Waals surface area contributed by atoms with Crippen LogP contribution >= 0.6 is 0 Å². The van der Waals surface area contributed by atoms with Crippen molar-refractivity contribution in [2.45, 2.75) is 39.5 Å². The van der Waals surface area contributed by atoms with Crippen LogP contribution in [0.25, 0.3) is 28.9 Å². The molecule has 1 atom stereocenters. The third-order valence-corrected chi connectivity index (χ3v) is 8.74. The molecule has 0 saturated carbocycles. The van der Waals surface area contributed by atoms with Crippen LogP contribution in [0.15, 0.2) is 109 Å². The van der Waals surface area contributed by atoms with Gasteiger partial charge in [-0.2, -0.15) is 0 Å². The molecule has 0 bridgehead atoms. The number of benzene rings is 5. The zero-order chi connectivity index (χ0) is 27.2. The zero-order valence-corrected chi connectivity index (χ0v) is 23.5. The van der Waals surface area contributed by atoms with E-state index in [0.29, 0.717) is 0 Å². The van der Waals surface area contributed by atoms with Crippen molar-refractivity contribution in [3.05, 3.63) is 170 Å². The zero-order valence-electron chi connectivity index (χ0n) is 23.5. The smallest absolute Gasteiger partial charge is 0.0287 e. The molecule has 0 nitrogen and oxygen atoms in total. The van der Waals surface area contributed by atoms with E-state index in [0.717, 1.165) is 12.8 Å². The van der Waals surface area contributed by atoms with Crippen LogP contribution in [0, 0.1) is 6.92 Å². The molecule has 0 spiro atoms. The summed E-state index contributed by atoms with van der Waals surface area (Å²) in [6.45, 7) is 6.76. The molecule has 0 heteroatoms. The summed E-state index contributed by atoms with van der Waals surface area (Å²) in [6, 6.07) is 38.4. The Kier molecular flexibility index (Phi) is 6.13. The van der Waals surface area contributed by atoms with Crippen LogP contribution in [-0.4, -0.2) is 0 Å². The van der Waals surface area contributed by atoms with Crippen LogP contribution in [0.4, 0.5) is 0 Å². The molecular formula is C40H34. The monoisotopic (exact) mass is 514 g/mol. The highest BCUT2D eigenvalue weighted by molar-refractivity contribution is 5.88. The molecule has 5 aromatic rings. The number of fused-ring (bicyclic) bond motifs is 4. The molecule has 0 saturated heterocycles. The topological polar surface area (TPSA) is 0 Å². The van der Waals surface area contributed by atoms with Crippen molar-refractivity contribution in [2.24, 2.45) is 0 Å². The molecule has 40 heavy (non-hydrogen) atoms. The average molecular weight is 515 g/mol. The fraction of sp³-hybridized carbons (Fsp3) is 0.150. The minimum atomic E-state index is 0.239. The molecule has 2 aliphatic carbocycles. The van der Waals surface area contributed by atoms with Gasteiger partial charge in [-0.15, -0.1) is 0 Å². The van der Waals surface area contributed by atoms with Crippen molar-refractivity contribution >= 4 is 17.7 Å². The maximum absolute atomic E-state index is 2.50.